The van der Waals surface area contributed by atoms with Gasteiger partial charge in [0.25, 0.3) is 5.91 Å². The Labute approximate surface area is 124 Å². The highest BCUT2D eigenvalue weighted by Crippen LogP contribution is 2.14. The Morgan fingerprint density at radius 1 is 1.38 bits per heavy atom. The van der Waals surface area contributed by atoms with Gasteiger partial charge in [-0.1, -0.05) is 24.3 Å². The second kappa shape index (κ2) is 7.99. The van der Waals surface area contributed by atoms with Gasteiger partial charge in [0.15, 0.2) is 0 Å². The van der Waals surface area contributed by atoms with E-state index in [-0.39, 0.29) is 12.5 Å². The molecular formula is C16H18NO4. The lowest BCUT2D eigenvalue weighted by molar-refractivity contribution is -0.147. The largest absolute Gasteiger partial charge is 0.464 e. The predicted molar refractivity (Wildman–Crippen MR) is 79.4 cm³/mol. The Bertz CT molecular complexity index is 551. The minimum Gasteiger partial charge on any atom is -0.464 e. The van der Waals surface area contributed by atoms with Gasteiger partial charge in [0.05, 0.1) is 6.61 Å². The molecular weight excluding hydrogens is 270 g/mol. The highest BCUT2D eigenvalue weighted by Gasteiger charge is 2.25. The van der Waals surface area contributed by atoms with Crippen LogP contribution in [0.5, 0.6) is 0 Å². The first-order valence-corrected chi connectivity index (χ1v) is 6.60. The monoisotopic (exact) mass is 288 g/mol. The fraction of sp³-hybridized carbons (Fsp3) is 0.312. The highest BCUT2D eigenvalue weighted by atomic mass is 16.5. The average molecular weight is 288 g/mol. The first kappa shape index (κ1) is 16.6. The molecule has 1 aromatic carbocycles. The molecule has 111 valence electrons. The van der Waals surface area contributed by atoms with Gasteiger partial charge in [-0.2, -0.15) is 0 Å². The van der Waals surface area contributed by atoms with Crippen molar-refractivity contribution in [3.05, 3.63) is 41.5 Å². The summed E-state index contributed by atoms with van der Waals surface area (Å²) in [4.78, 5) is 35.8. The van der Waals surface area contributed by atoms with E-state index in [2.05, 4.69) is 0 Å². The summed E-state index contributed by atoms with van der Waals surface area (Å²) in [6.07, 6.45) is 4.34. The number of likely N-dealkylation sites (N-methyl/N-ethyl adjacent to an activating group) is 1. The molecule has 0 aliphatic carbocycles. The molecule has 0 aliphatic heterocycles. The molecule has 5 heteroatoms. The zero-order valence-corrected chi connectivity index (χ0v) is 12.3. The van der Waals surface area contributed by atoms with Crippen LogP contribution in [0.15, 0.2) is 30.3 Å². The second-order valence-corrected chi connectivity index (χ2v) is 4.38. The smallest absolute Gasteiger partial charge is 0.328 e. The Morgan fingerprint density at radius 2 is 2.05 bits per heavy atom. The fourth-order valence-electron chi connectivity index (χ4n) is 1.75. The van der Waals surface area contributed by atoms with E-state index in [4.69, 9.17) is 4.74 Å². The van der Waals surface area contributed by atoms with Crippen molar-refractivity contribution >= 4 is 24.2 Å². The quantitative estimate of drug-likeness (QED) is 0.592. The van der Waals surface area contributed by atoms with E-state index in [0.717, 1.165) is 0 Å². The van der Waals surface area contributed by atoms with Crippen molar-refractivity contribution in [1.29, 1.82) is 0 Å². The average Bonchev–Trinajstić information content (AvgIpc) is 2.51. The molecule has 0 aliphatic rings. The Morgan fingerprint density at radius 3 is 2.67 bits per heavy atom. The number of rotatable bonds is 6. The van der Waals surface area contributed by atoms with Crippen molar-refractivity contribution in [1.82, 2.24) is 4.90 Å². The third-order valence-electron chi connectivity index (χ3n) is 3.05. The van der Waals surface area contributed by atoms with Crippen LogP contribution in [0.4, 0.5) is 0 Å². The number of benzene rings is 1. The molecule has 1 unspecified atom stereocenters. The molecule has 1 amide bonds. The maximum absolute atomic E-state index is 12.5. The topological polar surface area (TPSA) is 63.7 Å². The number of ether oxygens (including phenoxy) is 1. The van der Waals surface area contributed by atoms with Crippen LogP contribution in [-0.2, 0) is 14.3 Å². The summed E-state index contributed by atoms with van der Waals surface area (Å²) in [5.74, 6) is -0.774. The summed E-state index contributed by atoms with van der Waals surface area (Å²) in [5.41, 5.74) is 0.997. The number of carbonyl (C=O) groups is 2. The molecule has 0 aromatic heterocycles. The van der Waals surface area contributed by atoms with Crippen molar-refractivity contribution < 1.29 is 19.1 Å². The number of hydrogen-bond donors (Lipinski definition) is 0. The number of amides is 1. The number of carbonyl (C=O) groups excluding carboxylic acids is 3. The molecule has 1 aromatic rings. The summed E-state index contributed by atoms with van der Waals surface area (Å²) >= 11 is 0. The Hall–Kier alpha value is -2.43. The maximum atomic E-state index is 12.5. The molecule has 21 heavy (non-hydrogen) atoms. The van der Waals surface area contributed by atoms with Gasteiger partial charge in [-0.25, -0.2) is 4.79 Å². The van der Waals surface area contributed by atoms with Crippen molar-refractivity contribution in [2.75, 3.05) is 13.7 Å². The third-order valence-corrected chi connectivity index (χ3v) is 3.05. The van der Waals surface area contributed by atoms with Crippen LogP contribution < -0.4 is 0 Å². The highest BCUT2D eigenvalue weighted by molar-refractivity contribution is 6.00. The zero-order chi connectivity index (χ0) is 15.8. The summed E-state index contributed by atoms with van der Waals surface area (Å²) in [5, 5.41) is 0. The van der Waals surface area contributed by atoms with E-state index in [0.29, 0.717) is 11.1 Å². The van der Waals surface area contributed by atoms with E-state index in [1.807, 2.05) is 0 Å². The van der Waals surface area contributed by atoms with E-state index in [1.54, 1.807) is 44.4 Å². The molecule has 5 nitrogen and oxygen atoms in total. The first-order valence-electron chi connectivity index (χ1n) is 6.60. The summed E-state index contributed by atoms with van der Waals surface area (Å²) in [6, 6.07) is 6.14. The van der Waals surface area contributed by atoms with Crippen LogP contribution in [-0.4, -0.2) is 42.8 Å². The van der Waals surface area contributed by atoms with Crippen molar-refractivity contribution in [2.24, 2.45) is 0 Å². The van der Waals surface area contributed by atoms with E-state index in [1.165, 1.54) is 24.1 Å². The zero-order valence-electron chi connectivity index (χ0n) is 12.3. The molecule has 0 N–H and O–H groups in total. The summed E-state index contributed by atoms with van der Waals surface area (Å²) in [6.45, 7) is 3.58. The van der Waals surface area contributed by atoms with E-state index >= 15 is 0 Å². The first-order chi connectivity index (χ1) is 10.0. The van der Waals surface area contributed by atoms with Gasteiger partial charge in [0.2, 0.25) is 6.29 Å². The lowest BCUT2D eigenvalue weighted by Crippen LogP contribution is -2.41. The number of nitrogens with zero attached hydrogens (tertiary/aromatic N) is 1. The van der Waals surface area contributed by atoms with Gasteiger partial charge in [-0.3, -0.25) is 9.59 Å². The fourth-order valence-corrected chi connectivity index (χ4v) is 1.75. The van der Waals surface area contributed by atoms with Crippen LogP contribution >= 0.6 is 0 Å². The van der Waals surface area contributed by atoms with Crippen LogP contribution in [0.3, 0.4) is 0 Å². The lowest BCUT2D eigenvalue weighted by Gasteiger charge is -2.24. The molecule has 0 bridgehead atoms. The summed E-state index contributed by atoms with van der Waals surface area (Å²) in [7, 11) is 1.54. The predicted octanol–water partition coefficient (Wildman–Crippen LogP) is 1.83. The molecule has 0 saturated heterocycles. The normalized spacial score (nSPS) is 12.0. The van der Waals surface area contributed by atoms with Crippen molar-refractivity contribution in [2.45, 2.75) is 19.9 Å². The Balaban J connectivity index is 3.00. The van der Waals surface area contributed by atoms with Gasteiger partial charge in [-0.15, -0.1) is 0 Å². The molecule has 1 atom stereocenters. The van der Waals surface area contributed by atoms with Crippen LogP contribution in [0.2, 0.25) is 0 Å². The SMILES string of the molecule is CCOC(=O)C(C)N(C)C(=O)c1ccccc1/C=C/[C]=O. The molecule has 0 saturated carbocycles. The molecule has 0 spiro atoms. The molecule has 1 radical (unpaired) electrons. The number of esters is 1. The van der Waals surface area contributed by atoms with Crippen molar-refractivity contribution in [3.8, 4) is 0 Å². The lowest BCUT2D eigenvalue weighted by atomic mass is 10.1. The Kier molecular flexibility index (Phi) is 6.33. The van der Waals surface area contributed by atoms with E-state index < -0.39 is 12.0 Å². The minimum absolute atomic E-state index is 0.264. The standard InChI is InChI=1S/C16H18NO4/c1-4-21-16(20)12(2)17(3)15(19)14-10-6-5-8-13(14)9-7-11-18/h5-10,12H,4H2,1-3H3/b9-7+. The number of allylic oxidation sites excluding steroid dienone is 1. The van der Waals surface area contributed by atoms with Gasteiger partial charge in [0, 0.05) is 12.6 Å². The number of hydrogen-bond acceptors (Lipinski definition) is 4. The second-order valence-electron chi connectivity index (χ2n) is 4.38. The van der Waals surface area contributed by atoms with Gasteiger partial charge < -0.3 is 9.64 Å². The van der Waals surface area contributed by atoms with Crippen LogP contribution in [0, 0.1) is 0 Å². The molecule has 1 rings (SSSR count). The van der Waals surface area contributed by atoms with E-state index in [9.17, 15) is 14.4 Å². The van der Waals surface area contributed by atoms with Gasteiger partial charge in [0.1, 0.15) is 6.04 Å². The van der Waals surface area contributed by atoms with Crippen molar-refractivity contribution in [3.63, 3.8) is 0 Å². The minimum atomic E-state index is -0.688. The van der Waals surface area contributed by atoms with Crippen LogP contribution in [0.1, 0.15) is 29.8 Å². The van der Waals surface area contributed by atoms with Gasteiger partial charge in [-0.05, 0) is 31.6 Å². The molecule has 0 fully saturated rings. The molecule has 0 heterocycles. The van der Waals surface area contributed by atoms with Crippen LogP contribution in [0.25, 0.3) is 6.08 Å². The summed E-state index contributed by atoms with van der Waals surface area (Å²) < 4.78 is 4.91. The van der Waals surface area contributed by atoms with Gasteiger partial charge >= 0.3 is 5.97 Å². The third kappa shape index (κ3) is 4.27. The maximum Gasteiger partial charge on any atom is 0.328 e.